The zero-order valence-electron chi connectivity index (χ0n) is 9.87. The van der Waals surface area contributed by atoms with E-state index in [1.165, 1.54) is 0 Å². The van der Waals surface area contributed by atoms with Gasteiger partial charge in [-0.25, -0.2) is 0 Å². The summed E-state index contributed by atoms with van der Waals surface area (Å²) in [5.74, 6) is -0.103. The second-order valence-corrected chi connectivity index (χ2v) is 4.12. The monoisotopic (exact) mass is 237 g/mol. The van der Waals surface area contributed by atoms with Gasteiger partial charge in [-0.15, -0.1) is 0 Å². The van der Waals surface area contributed by atoms with Crippen molar-refractivity contribution in [2.45, 2.75) is 0 Å². The number of nitrogens with zero attached hydrogens (tertiary/aromatic N) is 3. The molecule has 1 aromatic carbocycles. The van der Waals surface area contributed by atoms with Crippen molar-refractivity contribution in [3.63, 3.8) is 0 Å². The zero-order valence-corrected chi connectivity index (χ0v) is 9.87. The maximum Gasteiger partial charge on any atom is 0.214 e. The molecule has 0 bridgehead atoms. The number of aryl methyl sites for hydroxylation is 1. The number of benzene rings is 1. The highest BCUT2D eigenvalue weighted by atomic mass is 16.1. The van der Waals surface area contributed by atoms with Gasteiger partial charge in [-0.3, -0.25) is 14.5 Å². The van der Waals surface area contributed by atoms with E-state index in [0.717, 1.165) is 10.9 Å². The van der Waals surface area contributed by atoms with E-state index in [1.54, 1.807) is 30.2 Å². The Bertz CT molecular complexity index is 730. The average molecular weight is 237 g/mol. The molecule has 0 N–H and O–H groups in total. The molecule has 4 heteroatoms. The van der Waals surface area contributed by atoms with Gasteiger partial charge in [0.1, 0.15) is 5.69 Å². The van der Waals surface area contributed by atoms with Crippen molar-refractivity contribution in [3.05, 3.63) is 60.0 Å². The molecule has 0 spiro atoms. The normalized spacial score (nSPS) is 10.7. The van der Waals surface area contributed by atoms with Crippen LogP contribution in [0.5, 0.6) is 0 Å². The summed E-state index contributed by atoms with van der Waals surface area (Å²) in [5, 5.41) is 5.06. The van der Waals surface area contributed by atoms with Crippen molar-refractivity contribution in [1.82, 2.24) is 14.8 Å². The van der Waals surface area contributed by atoms with Crippen molar-refractivity contribution >= 4 is 16.7 Å². The summed E-state index contributed by atoms with van der Waals surface area (Å²) in [6.45, 7) is 0. The third-order valence-corrected chi connectivity index (χ3v) is 2.80. The van der Waals surface area contributed by atoms with E-state index in [1.807, 2.05) is 30.3 Å². The van der Waals surface area contributed by atoms with Gasteiger partial charge in [0.25, 0.3) is 0 Å². The minimum absolute atomic E-state index is 0.103. The van der Waals surface area contributed by atoms with Gasteiger partial charge < -0.3 is 0 Å². The van der Waals surface area contributed by atoms with Crippen molar-refractivity contribution in [1.29, 1.82) is 0 Å². The molecule has 0 radical (unpaired) electrons. The Balaban J connectivity index is 2.06. The fourth-order valence-corrected chi connectivity index (χ4v) is 1.88. The second kappa shape index (κ2) is 4.07. The first-order valence-corrected chi connectivity index (χ1v) is 5.63. The van der Waals surface area contributed by atoms with Crippen molar-refractivity contribution in [2.24, 2.45) is 7.05 Å². The van der Waals surface area contributed by atoms with E-state index in [9.17, 15) is 4.79 Å². The molecule has 0 unspecified atom stereocenters. The van der Waals surface area contributed by atoms with Crippen LogP contribution in [0.15, 0.2) is 48.8 Å². The quantitative estimate of drug-likeness (QED) is 0.642. The molecule has 0 saturated heterocycles. The Morgan fingerprint density at radius 2 is 2.06 bits per heavy atom. The first kappa shape index (κ1) is 10.7. The molecule has 3 rings (SSSR count). The van der Waals surface area contributed by atoms with E-state index in [0.29, 0.717) is 11.3 Å². The maximum atomic E-state index is 12.2. The summed E-state index contributed by atoms with van der Waals surface area (Å²) in [5.41, 5.74) is 1.89. The van der Waals surface area contributed by atoms with Crippen LogP contribution in [-0.2, 0) is 7.05 Å². The number of carbonyl (C=O) groups excluding carboxylic acids is 1. The largest absolute Gasteiger partial charge is 0.287 e. The van der Waals surface area contributed by atoms with Gasteiger partial charge in [-0.1, -0.05) is 18.2 Å². The number of rotatable bonds is 2. The van der Waals surface area contributed by atoms with Crippen LogP contribution in [0.2, 0.25) is 0 Å². The number of hydrogen-bond acceptors (Lipinski definition) is 3. The standard InChI is InChI=1S/C14H11N3O/c1-17-7-6-13(16-17)14(18)11-8-10-4-2-3-5-12(10)15-9-11/h2-9H,1H3. The Hall–Kier alpha value is -2.49. The zero-order chi connectivity index (χ0) is 12.5. The maximum absolute atomic E-state index is 12.2. The highest BCUT2D eigenvalue weighted by Crippen LogP contribution is 2.15. The summed E-state index contributed by atoms with van der Waals surface area (Å²) in [4.78, 5) is 16.5. The molecule has 0 aliphatic heterocycles. The Morgan fingerprint density at radius 1 is 1.22 bits per heavy atom. The molecule has 18 heavy (non-hydrogen) atoms. The Morgan fingerprint density at radius 3 is 2.83 bits per heavy atom. The highest BCUT2D eigenvalue weighted by molar-refractivity contribution is 6.08. The fourth-order valence-electron chi connectivity index (χ4n) is 1.88. The van der Waals surface area contributed by atoms with Crippen LogP contribution >= 0.6 is 0 Å². The topological polar surface area (TPSA) is 47.8 Å². The summed E-state index contributed by atoms with van der Waals surface area (Å²) in [7, 11) is 1.79. The minimum atomic E-state index is -0.103. The molecule has 2 aromatic heterocycles. The Kier molecular flexibility index (Phi) is 2.41. The molecular weight excluding hydrogens is 226 g/mol. The van der Waals surface area contributed by atoms with E-state index in [2.05, 4.69) is 10.1 Å². The summed E-state index contributed by atoms with van der Waals surface area (Å²) >= 11 is 0. The molecule has 0 aliphatic carbocycles. The molecule has 0 amide bonds. The lowest BCUT2D eigenvalue weighted by Gasteiger charge is -2.00. The second-order valence-electron chi connectivity index (χ2n) is 4.12. The number of aromatic nitrogens is 3. The molecule has 88 valence electrons. The molecule has 3 aromatic rings. The van der Waals surface area contributed by atoms with Crippen molar-refractivity contribution < 1.29 is 4.79 Å². The number of para-hydroxylation sites is 1. The fraction of sp³-hybridized carbons (Fsp3) is 0.0714. The van der Waals surface area contributed by atoms with Gasteiger partial charge in [0.2, 0.25) is 5.78 Å². The first-order valence-electron chi connectivity index (χ1n) is 5.63. The summed E-state index contributed by atoms with van der Waals surface area (Å²) in [6.07, 6.45) is 3.35. The SMILES string of the molecule is Cn1ccc(C(=O)c2cnc3ccccc3c2)n1. The van der Waals surface area contributed by atoms with Gasteiger partial charge >= 0.3 is 0 Å². The highest BCUT2D eigenvalue weighted by Gasteiger charge is 2.12. The number of hydrogen-bond donors (Lipinski definition) is 0. The van der Waals surface area contributed by atoms with Crippen molar-refractivity contribution in [3.8, 4) is 0 Å². The molecule has 0 aliphatic rings. The van der Waals surface area contributed by atoms with E-state index >= 15 is 0 Å². The van der Waals surface area contributed by atoms with Crippen molar-refractivity contribution in [2.75, 3.05) is 0 Å². The third kappa shape index (κ3) is 1.78. The van der Waals surface area contributed by atoms with Gasteiger partial charge in [-0.2, -0.15) is 5.10 Å². The van der Waals surface area contributed by atoms with Gasteiger partial charge in [-0.05, 0) is 18.2 Å². The summed E-state index contributed by atoms with van der Waals surface area (Å²) < 4.78 is 1.61. The lowest BCUT2D eigenvalue weighted by atomic mass is 10.1. The summed E-state index contributed by atoms with van der Waals surface area (Å²) in [6, 6.07) is 11.3. The number of carbonyl (C=O) groups is 1. The van der Waals surface area contributed by atoms with Crippen LogP contribution in [0.25, 0.3) is 10.9 Å². The van der Waals surface area contributed by atoms with E-state index in [-0.39, 0.29) is 5.78 Å². The third-order valence-electron chi connectivity index (χ3n) is 2.80. The molecular formula is C14H11N3O. The van der Waals surface area contributed by atoms with Crippen LogP contribution < -0.4 is 0 Å². The lowest BCUT2D eigenvalue weighted by Crippen LogP contribution is -2.04. The molecule has 0 atom stereocenters. The van der Waals surface area contributed by atoms with Crippen LogP contribution in [0.3, 0.4) is 0 Å². The predicted octanol–water partition coefficient (Wildman–Crippen LogP) is 2.20. The lowest BCUT2D eigenvalue weighted by molar-refractivity contribution is 0.103. The number of pyridine rings is 1. The number of fused-ring (bicyclic) bond motifs is 1. The smallest absolute Gasteiger partial charge is 0.214 e. The minimum Gasteiger partial charge on any atom is -0.287 e. The Labute approximate surface area is 104 Å². The van der Waals surface area contributed by atoms with Crippen LogP contribution in [0, 0.1) is 0 Å². The van der Waals surface area contributed by atoms with Crippen LogP contribution in [-0.4, -0.2) is 20.5 Å². The van der Waals surface area contributed by atoms with E-state index < -0.39 is 0 Å². The molecule has 0 saturated carbocycles. The van der Waals surface area contributed by atoms with Gasteiger partial charge in [0.05, 0.1) is 5.52 Å². The van der Waals surface area contributed by atoms with Crippen LogP contribution in [0.1, 0.15) is 16.1 Å². The average Bonchev–Trinajstić information content (AvgIpc) is 2.84. The van der Waals surface area contributed by atoms with Crippen LogP contribution in [0.4, 0.5) is 0 Å². The van der Waals surface area contributed by atoms with Gasteiger partial charge in [0, 0.05) is 30.4 Å². The molecule has 4 nitrogen and oxygen atoms in total. The predicted molar refractivity (Wildman–Crippen MR) is 68.4 cm³/mol. The van der Waals surface area contributed by atoms with E-state index in [4.69, 9.17) is 0 Å². The molecule has 2 heterocycles. The molecule has 0 fully saturated rings. The number of ketones is 1. The van der Waals surface area contributed by atoms with Gasteiger partial charge in [0.15, 0.2) is 0 Å². The first-order chi connectivity index (χ1) is 8.74.